The van der Waals surface area contributed by atoms with Crippen LogP contribution in [0.15, 0.2) is 54.6 Å². The summed E-state index contributed by atoms with van der Waals surface area (Å²) in [5.41, 5.74) is 4.26. The molecule has 0 aliphatic rings. The summed E-state index contributed by atoms with van der Waals surface area (Å²) in [4.78, 5) is 14.2. The van der Waals surface area contributed by atoms with Crippen molar-refractivity contribution in [1.29, 1.82) is 0 Å². The van der Waals surface area contributed by atoms with Crippen LogP contribution in [0.5, 0.6) is 0 Å². The normalized spacial score (nSPS) is 10.9. The second-order valence-corrected chi connectivity index (χ2v) is 8.15. The lowest BCUT2D eigenvalue weighted by atomic mass is 10.1. The molecule has 2 aromatic carbocycles. The van der Waals surface area contributed by atoms with Crippen molar-refractivity contribution in [3.63, 3.8) is 0 Å². The maximum atomic E-state index is 13.1. The fourth-order valence-electron chi connectivity index (χ4n) is 3.63. The molecule has 0 radical (unpaired) electrons. The van der Waals surface area contributed by atoms with Gasteiger partial charge in [-0.3, -0.25) is 5.10 Å². The molecule has 0 unspecified atom stereocenters. The molecule has 0 aliphatic carbocycles. The molecule has 0 fully saturated rings. The Morgan fingerprint density at radius 2 is 1.91 bits per heavy atom. The van der Waals surface area contributed by atoms with Crippen LogP contribution in [-0.4, -0.2) is 54.9 Å². The van der Waals surface area contributed by atoms with Crippen molar-refractivity contribution in [2.45, 2.75) is 25.7 Å². The minimum Gasteiger partial charge on any atom is -0.328 e. The standard InChI is InChI=1S/C24H27FN8O/c1-32(24(34)26-20-9-6-7-18(15-20)23-29-30-31-33(23)2)14-5-3-4-8-21-16-22(28-27-21)17-10-12-19(25)13-11-17/h6-7,9-13,15-16H,3-5,8,14H2,1-2H3,(H,26,34)(H,27,28). The smallest absolute Gasteiger partial charge is 0.321 e. The van der Waals surface area contributed by atoms with E-state index in [1.807, 2.05) is 30.3 Å². The van der Waals surface area contributed by atoms with Crippen LogP contribution in [0, 0.1) is 5.82 Å². The van der Waals surface area contributed by atoms with Gasteiger partial charge in [-0.1, -0.05) is 18.6 Å². The second-order valence-electron chi connectivity index (χ2n) is 8.15. The van der Waals surface area contributed by atoms with Gasteiger partial charge in [0, 0.05) is 43.1 Å². The molecule has 0 saturated heterocycles. The molecule has 2 aromatic heterocycles. The van der Waals surface area contributed by atoms with Crippen molar-refractivity contribution in [2.75, 3.05) is 18.9 Å². The van der Waals surface area contributed by atoms with Crippen LogP contribution in [0.4, 0.5) is 14.9 Å². The number of nitrogens with zero attached hydrogens (tertiary/aromatic N) is 6. The van der Waals surface area contributed by atoms with E-state index in [0.717, 1.165) is 48.2 Å². The quantitative estimate of drug-likeness (QED) is 0.361. The van der Waals surface area contributed by atoms with E-state index in [2.05, 4.69) is 31.0 Å². The zero-order valence-corrected chi connectivity index (χ0v) is 19.2. The van der Waals surface area contributed by atoms with Crippen LogP contribution in [-0.2, 0) is 13.5 Å². The number of amides is 2. The summed E-state index contributed by atoms with van der Waals surface area (Å²) in [6.07, 6.45) is 3.73. The number of carbonyl (C=O) groups is 1. The van der Waals surface area contributed by atoms with E-state index in [1.165, 1.54) is 12.1 Å². The summed E-state index contributed by atoms with van der Waals surface area (Å²) in [6, 6.07) is 15.6. The number of H-pyrrole nitrogens is 1. The largest absolute Gasteiger partial charge is 0.328 e. The third-order valence-corrected chi connectivity index (χ3v) is 5.55. The predicted molar refractivity (Wildman–Crippen MR) is 127 cm³/mol. The number of urea groups is 1. The zero-order valence-electron chi connectivity index (χ0n) is 19.2. The fraction of sp³-hybridized carbons (Fsp3) is 0.292. The SMILES string of the molecule is CN(CCCCCc1cc(-c2ccc(F)cc2)n[nH]1)C(=O)Nc1cccc(-c2nnnn2C)c1. The maximum absolute atomic E-state index is 13.1. The number of nitrogens with one attached hydrogen (secondary N) is 2. The van der Waals surface area contributed by atoms with Gasteiger partial charge in [-0.05, 0) is 72.2 Å². The summed E-state index contributed by atoms with van der Waals surface area (Å²) < 4.78 is 14.7. The van der Waals surface area contributed by atoms with E-state index in [1.54, 1.807) is 35.8 Å². The molecule has 2 amide bonds. The Morgan fingerprint density at radius 3 is 2.68 bits per heavy atom. The van der Waals surface area contributed by atoms with Crippen molar-refractivity contribution in [3.05, 3.63) is 66.1 Å². The number of hydrogen-bond acceptors (Lipinski definition) is 5. The van der Waals surface area contributed by atoms with Gasteiger partial charge in [-0.25, -0.2) is 13.9 Å². The Hall–Kier alpha value is -4.08. The average Bonchev–Trinajstić information content (AvgIpc) is 3.48. The monoisotopic (exact) mass is 462 g/mol. The fourth-order valence-corrected chi connectivity index (χ4v) is 3.63. The van der Waals surface area contributed by atoms with Crippen LogP contribution >= 0.6 is 0 Å². The summed E-state index contributed by atoms with van der Waals surface area (Å²) in [5, 5.41) is 21.8. The van der Waals surface area contributed by atoms with Crippen LogP contribution < -0.4 is 5.32 Å². The molecule has 4 rings (SSSR count). The molecule has 0 aliphatic heterocycles. The van der Waals surface area contributed by atoms with E-state index >= 15 is 0 Å². The number of carbonyl (C=O) groups excluding carboxylic acids is 1. The molecule has 2 N–H and O–H groups in total. The Labute approximate surface area is 197 Å². The molecule has 176 valence electrons. The third kappa shape index (κ3) is 5.83. The van der Waals surface area contributed by atoms with E-state index in [0.29, 0.717) is 18.1 Å². The van der Waals surface area contributed by atoms with Gasteiger partial charge in [-0.2, -0.15) is 5.10 Å². The lowest BCUT2D eigenvalue weighted by Gasteiger charge is -2.18. The van der Waals surface area contributed by atoms with Crippen molar-refractivity contribution in [1.82, 2.24) is 35.3 Å². The van der Waals surface area contributed by atoms with Crippen molar-refractivity contribution in [3.8, 4) is 22.6 Å². The number of aromatic nitrogens is 6. The molecule has 0 spiro atoms. The summed E-state index contributed by atoms with van der Waals surface area (Å²) in [7, 11) is 3.56. The van der Waals surface area contributed by atoms with Crippen LogP contribution in [0.2, 0.25) is 0 Å². The highest BCUT2D eigenvalue weighted by atomic mass is 19.1. The lowest BCUT2D eigenvalue weighted by molar-refractivity contribution is 0.221. The van der Waals surface area contributed by atoms with Gasteiger partial charge in [0.1, 0.15) is 5.82 Å². The van der Waals surface area contributed by atoms with Crippen LogP contribution in [0.3, 0.4) is 0 Å². The number of aromatic amines is 1. The highest BCUT2D eigenvalue weighted by molar-refractivity contribution is 5.89. The number of anilines is 1. The van der Waals surface area contributed by atoms with Gasteiger partial charge >= 0.3 is 6.03 Å². The molecule has 0 bridgehead atoms. The van der Waals surface area contributed by atoms with Crippen molar-refractivity contribution in [2.24, 2.45) is 7.05 Å². The minimum absolute atomic E-state index is 0.161. The van der Waals surface area contributed by atoms with E-state index in [9.17, 15) is 9.18 Å². The van der Waals surface area contributed by atoms with Gasteiger partial charge in [0.2, 0.25) is 0 Å². The van der Waals surface area contributed by atoms with Gasteiger partial charge in [0.05, 0.1) is 5.69 Å². The molecular formula is C24H27FN8O. The van der Waals surface area contributed by atoms with Crippen LogP contribution in [0.1, 0.15) is 25.0 Å². The number of unbranched alkanes of at least 4 members (excludes halogenated alkanes) is 2. The summed E-state index contributed by atoms with van der Waals surface area (Å²) >= 11 is 0. The van der Waals surface area contributed by atoms with E-state index in [-0.39, 0.29) is 11.8 Å². The van der Waals surface area contributed by atoms with Gasteiger partial charge in [-0.15, -0.1) is 5.10 Å². The van der Waals surface area contributed by atoms with Gasteiger partial charge in [0.25, 0.3) is 0 Å². The van der Waals surface area contributed by atoms with Crippen molar-refractivity contribution < 1.29 is 9.18 Å². The first-order valence-corrected chi connectivity index (χ1v) is 11.1. The number of tetrazole rings is 1. The average molecular weight is 463 g/mol. The molecule has 4 aromatic rings. The molecule has 0 saturated carbocycles. The maximum Gasteiger partial charge on any atom is 0.321 e. The minimum atomic E-state index is -0.258. The second kappa shape index (κ2) is 10.7. The number of hydrogen-bond donors (Lipinski definition) is 2. The highest BCUT2D eigenvalue weighted by Crippen LogP contribution is 2.20. The van der Waals surface area contributed by atoms with E-state index < -0.39 is 0 Å². The Kier molecular flexibility index (Phi) is 7.26. The third-order valence-electron chi connectivity index (χ3n) is 5.55. The van der Waals surface area contributed by atoms with E-state index in [4.69, 9.17) is 0 Å². The molecule has 9 nitrogen and oxygen atoms in total. The number of halogens is 1. The topological polar surface area (TPSA) is 105 Å². The predicted octanol–water partition coefficient (Wildman–Crippen LogP) is 4.28. The zero-order chi connectivity index (χ0) is 23.9. The van der Waals surface area contributed by atoms with Crippen molar-refractivity contribution >= 4 is 11.7 Å². The molecular weight excluding hydrogens is 435 g/mol. The summed E-state index contributed by atoms with van der Waals surface area (Å²) in [5.74, 6) is 0.373. The molecule has 2 heterocycles. The lowest BCUT2D eigenvalue weighted by Crippen LogP contribution is -2.32. The van der Waals surface area contributed by atoms with Crippen LogP contribution in [0.25, 0.3) is 22.6 Å². The Bertz CT molecular complexity index is 1230. The molecule has 0 atom stereocenters. The molecule has 34 heavy (non-hydrogen) atoms. The first-order valence-electron chi connectivity index (χ1n) is 11.1. The Balaban J connectivity index is 1.19. The Morgan fingerprint density at radius 1 is 1.09 bits per heavy atom. The number of benzene rings is 2. The number of aryl methyl sites for hydroxylation is 2. The number of rotatable bonds is 9. The summed E-state index contributed by atoms with van der Waals surface area (Å²) in [6.45, 7) is 0.655. The first-order chi connectivity index (χ1) is 16.5. The van der Waals surface area contributed by atoms with Gasteiger partial charge < -0.3 is 10.2 Å². The first kappa shape index (κ1) is 23.1. The highest BCUT2D eigenvalue weighted by Gasteiger charge is 2.11. The molecule has 10 heteroatoms. The van der Waals surface area contributed by atoms with Gasteiger partial charge in [0.15, 0.2) is 5.82 Å².